The molecular formula is C25H32BrNO9. The third-order valence-corrected chi connectivity index (χ3v) is 6.98. The van der Waals surface area contributed by atoms with Gasteiger partial charge in [-0.3, -0.25) is 9.59 Å². The summed E-state index contributed by atoms with van der Waals surface area (Å²) in [6.07, 6.45) is -0.990. The normalized spacial score (nSPS) is 27.1. The average molecular weight is 570 g/mol. The fourth-order valence-corrected chi connectivity index (χ4v) is 4.68. The highest BCUT2D eigenvalue weighted by atomic mass is 79.9. The standard InChI is InChI=1S/C25H32BrNO9/c1-16(23(30)27-17(2)22(35-24(27)31)18-7-4-3-5-8-18)21-19(29)15-20(26)25(32,36-21)9-6-11-33-13-14-34-12-10-28/h3-5,7-8,15-17,21-22,28,32H,6,9-14H2,1-2H3/t16-,17-,21-,22-,25+/m0/s1. The van der Waals surface area contributed by atoms with Gasteiger partial charge in [-0.05, 0) is 40.9 Å². The third-order valence-electron chi connectivity index (χ3n) is 6.14. The number of hydrogen-bond acceptors (Lipinski definition) is 9. The van der Waals surface area contributed by atoms with Crippen LogP contribution < -0.4 is 0 Å². The molecule has 1 fully saturated rings. The Kier molecular flexibility index (Phi) is 10.2. The van der Waals surface area contributed by atoms with Gasteiger partial charge in [-0.1, -0.05) is 37.3 Å². The van der Waals surface area contributed by atoms with Gasteiger partial charge in [-0.25, -0.2) is 9.69 Å². The maximum atomic E-state index is 13.3. The van der Waals surface area contributed by atoms with Gasteiger partial charge in [-0.15, -0.1) is 0 Å². The number of amides is 2. The van der Waals surface area contributed by atoms with Crippen molar-refractivity contribution in [1.29, 1.82) is 0 Å². The van der Waals surface area contributed by atoms with E-state index in [1.807, 2.05) is 30.3 Å². The highest BCUT2D eigenvalue weighted by Crippen LogP contribution is 2.38. The third kappa shape index (κ3) is 6.58. The molecule has 11 heteroatoms. The number of aliphatic hydroxyl groups excluding tert-OH is 1. The van der Waals surface area contributed by atoms with Crippen molar-refractivity contribution < 1.29 is 43.5 Å². The van der Waals surface area contributed by atoms with Crippen LogP contribution in [0, 0.1) is 5.92 Å². The van der Waals surface area contributed by atoms with E-state index in [4.69, 9.17) is 24.1 Å². The smallest absolute Gasteiger partial charge is 0.417 e. The number of benzene rings is 1. The Morgan fingerprint density at radius 3 is 2.50 bits per heavy atom. The molecule has 0 aromatic heterocycles. The monoisotopic (exact) mass is 569 g/mol. The van der Waals surface area contributed by atoms with E-state index in [9.17, 15) is 19.5 Å². The lowest BCUT2D eigenvalue weighted by Crippen LogP contribution is -2.52. The molecule has 1 aromatic rings. The second-order valence-corrected chi connectivity index (χ2v) is 9.58. The summed E-state index contributed by atoms with van der Waals surface area (Å²) in [5, 5.41) is 19.8. The lowest BCUT2D eigenvalue weighted by atomic mass is 9.93. The van der Waals surface area contributed by atoms with Gasteiger partial charge >= 0.3 is 6.09 Å². The number of ketones is 1. The van der Waals surface area contributed by atoms with E-state index in [-0.39, 0.29) is 24.1 Å². The van der Waals surface area contributed by atoms with E-state index in [2.05, 4.69) is 15.9 Å². The van der Waals surface area contributed by atoms with Crippen LogP contribution in [0.25, 0.3) is 0 Å². The Morgan fingerprint density at radius 2 is 1.83 bits per heavy atom. The van der Waals surface area contributed by atoms with Gasteiger partial charge in [0, 0.05) is 13.0 Å². The number of halogens is 1. The SMILES string of the molecule is C[C@H](C(=O)N1C(=O)O[C@H](c2ccccc2)[C@@H]1C)[C@@H]1O[C@](O)(CCCOCCOCCO)C(Br)=CC1=O. The summed E-state index contributed by atoms with van der Waals surface area (Å²) < 4.78 is 21.9. The average Bonchev–Trinajstić information content (AvgIpc) is 3.16. The van der Waals surface area contributed by atoms with E-state index in [0.29, 0.717) is 26.2 Å². The number of hydrogen-bond donors (Lipinski definition) is 2. The van der Waals surface area contributed by atoms with Crippen molar-refractivity contribution in [2.24, 2.45) is 5.92 Å². The van der Waals surface area contributed by atoms with Crippen LogP contribution in [0.2, 0.25) is 0 Å². The number of carbonyl (C=O) groups is 3. The minimum Gasteiger partial charge on any atom is -0.439 e. The summed E-state index contributed by atoms with van der Waals surface area (Å²) in [7, 11) is 0. The van der Waals surface area contributed by atoms with Crippen molar-refractivity contribution in [2.75, 3.05) is 33.0 Å². The molecule has 0 saturated carbocycles. The van der Waals surface area contributed by atoms with Crippen LogP contribution >= 0.6 is 15.9 Å². The molecule has 0 bridgehead atoms. The molecule has 2 heterocycles. The van der Waals surface area contributed by atoms with Crippen LogP contribution in [0.15, 0.2) is 40.9 Å². The fourth-order valence-electron chi connectivity index (χ4n) is 4.17. The Bertz CT molecular complexity index is 956. The predicted molar refractivity (Wildman–Crippen MR) is 131 cm³/mol. The summed E-state index contributed by atoms with van der Waals surface area (Å²) in [5.41, 5.74) is 0.759. The van der Waals surface area contributed by atoms with Crippen LogP contribution in [0.3, 0.4) is 0 Å². The summed E-state index contributed by atoms with van der Waals surface area (Å²) >= 11 is 3.21. The molecule has 0 radical (unpaired) electrons. The molecule has 0 aliphatic carbocycles. The zero-order valence-corrected chi connectivity index (χ0v) is 21.9. The molecule has 3 rings (SSSR count). The lowest BCUT2D eigenvalue weighted by molar-refractivity contribution is -0.217. The number of cyclic esters (lactones) is 1. The lowest BCUT2D eigenvalue weighted by Gasteiger charge is -2.37. The van der Waals surface area contributed by atoms with E-state index in [1.165, 1.54) is 13.0 Å². The first-order chi connectivity index (χ1) is 17.2. The largest absolute Gasteiger partial charge is 0.439 e. The first kappa shape index (κ1) is 28.4. The number of nitrogens with zero attached hydrogens (tertiary/aromatic N) is 1. The molecule has 5 atom stereocenters. The molecule has 1 aromatic carbocycles. The highest BCUT2D eigenvalue weighted by Gasteiger charge is 2.49. The molecule has 36 heavy (non-hydrogen) atoms. The number of aliphatic hydroxyl groups is 2. The zero-order valence-electron chi connectivity index (χ0n) is 20.3. The molecular weight excluding hydrogens is 538 g/mol. The van der Waals surface area contributed by atoms with Crippen molar-refractivity contribution in [1.82, 2.24) is 4.90 Å². The van der Waals surface area contributed by atoms with Crippen molar-refractivity contribution >= 4 is 33.7 Å². The van der Waals surface area contributed by atoms with Crippen molar-refractivity contribution in [3.63, 3.8) is 0 Å². The Balaban J connectivity index is 1.61. The van der Waals surface area contributed by atoms with E-state index < -0.39 is 47.7 Å². The van der Waals surface area contributed by atoms with Crippen LogP contribution in [-0.2, 0) is 28.5 Å². The van der Waals surface area contributed by atoms with Gasteiger partial charge in [-0.2, -0.15) is 0 Å². The molecule has 10 nitrogen and oxygen atoms in total. The van der Waals surface area contributed by atoms with Crippen molar-refractivity contribution in [3.05, 3.63) is 46.5 Å². The Hall–Kier alpha value is -2.15. The van der Waals surface area contributed by atoms with Crippen LogP contribution in [0.5, 0.6) is 0 Å². The second-order valence-electron chi connectivity index (χ2n) is 8.72. The number of carbonyl (C=O) groups excluding carboxylic acids is 3. The molecule has 2 amide bonds. The van der Waals surface area contributed by atoms with Gasteiger partial charge in [0.05, 0.1) is 42.9 Å². The molecule has 0 unspecified atom stereocenters. The number of imide groups is 1. The minimum absolute atomic E-state index is 0.0585. The van der Waals surface area contributed by atoms with Crippen LogP contribution in [0.1, 0.15) is 38.4 Å². The highest BCUT2D eigenvalue weighted by molar-refractivity contribution is 9.11. The molecule has 2 aliphatic rings. The molecule has 198 valence electrons. The Morgan fingerprint density at radius 1 is 1.17 bits per heavy atom. The fraction of sp³-hybridized carbons (Fsp3) is 0.560. The Labute approximate surface area is 218 Å². The van der Waals surface area contributed by atoms with Crippen molar-refractivity contribution in [2.45, 2.75) is 50.7 Å². The van der Waals surface area contributed by atoms with Crippen LogP contribution in [-0.4, -0.2) is 83.9 Å². The van der Waals surface area contributed by atoms with Gasteiger partial charge in [0.15, 0.2) is 11.6 Å². The first-order valence-electron chi connectivity index (χ1n) is 11.9. The first-order valence-corrected chi connectivity index (χ1v) is 12.7. The zero-order chi connectivity index (χ0) is 26.3. The van der Waals surface area contributed by atoms with E-state index in [1.54, 1.807) is 6.92 Å². The maximum absolute atomic E-state index is 13.3. The molecule has 1 saturated heterocycles. The summed E-state index contributed by atoms with van der Waals surface area (Å²) in [5.74, 6) is -3.99. The molecule has 0 spiro atoms. The summed E-state index contributed by atoms with van der Waals surface area (Å²) in [6.45, 7) is 4.35. The quantitative estimate of drug-likeness (QED) is 0.364. The summed E-state index contributed by atoms with van der Waals surface area (Å²) in [6, 6.07) is 8.52. The van der Waals surface area contributed by atoms with Crippen LogP contribution in [0.4, 0.5) is 4.79 Å². The topological polar surface area (TPSA) is 132 Å². The molecule has 2 aliphatic heterocycles. The second kappa shape index (κ2) is 12.9. The van der Waals surface area contributed by atoms with Gasteiger partial charge in [0.1, 0.15) is 12.2 Å². The predicted octanol–water partition coefficient (Wildman–Crippen LogP) is 2.47. The summed E-state index contributed by atoms with van der Waals surface area (Å²) in [4.78, 5) is 39.6. The van der Waals surface area contributed by atoms with E-state index in [0.717, 1.165) is 10.5 Å². The van der Waals surface area contributed by atoms with Gasteiger partial charge < -0.3 is 29.2 Å². The van der Waals surface area contributed by atoms with Gasteiger partial charge in [0.2, 0.25) is 5.91 Å². The number of ether oxygens (including phenoxy) is 4. The minimum atomic E-state index is -1.83. The van der Waals surface area contributed by atoms with Crippen molar-refractivity contribution in [3.8, 4) is 0 Å². The maximum Gasteiger partial charge on any atom is 0.417 e. The number of rotatable bonds is 12. The van der Waals surface area contributed by atoms with Gasteiger partial charge in [0.25, 0.3) is 0 Å². The molecule has 2 N–H and O–H groups in total. The van der Waals surface area contributed by atoms with E-state index >= 15 is 0 Å².